The average molecular weight is 396 g/mol. The highest BCUT2D eigenvalue weighted by Crippen LogP contribution is 2.56. The van der Waals surface area contributed by atoms with Gasteiger partial charge in [0, 0.05) is 50.4 Å². The molecule has 3 amide bonds. The van der Waals surface area contributed by atoms with E-state index in [-0.39, 0.29) is 29.7 Å². The van der Waals surface area contributed by atoms with Crippen LogP contribution in [0.25, 0.3) is 0 Å². The summed E-state index contributed by atoms with van der Waals surface area (Å²) in [6.07, 6.45) is 3.56. The van der Waals surface area contributed by atoms with Crippen molar-refractivity contribution in [1.29, 1.82) is 0 Å². The van der Waals surface area contributed by atoms with Gasteiger partial charge in [-0.05, 0) is 38.3 Å². The molecule has 0 saturated carbocycles. The van der Waals surface area contributed by atoms with Crippen LogP contribution in [0.4, 0.5) is 5.69 Å². The van der Waals surface area contributed by atoms with Crippen molar-refractivity contribution < 1.29 is 14.4 Å². The van der Waals surface area contributed by atoms with Crippen molar-refractivity contribution in [1.82, 2.24) is 15.1 Å². The molecular weight excluding hydrogens is 368 g/mol. The zero-order chi connectivity index (χ0) is 20.2. The number of rotatable bonds is 0. The summed E-state index contributed by atoms with van der Waals surface area (Å²) >= 11 is 0. The fraction of sp³-hybridized carbons (Fsp3) is 0.591. The molecule has 2 bridgehead atoms. The smallest absolute Gasteiger partial charge is 0.253 e. The summed E-state index contributed by atoms with van der Waals surface area (Å²) in [5.41, 5.74) is 0.955. The lowest BCUT2D eigenvalue weighted by atomic mass is 9.78. The second-order valence-electron chi connectivity index (χ2n) is 8.67. The number of amides is 3. The number of para-hydroxylation sites is 1. The normalized spacial score (nSPS) is 32.2. The highest BCUT2D eigenvalue weighted by atomic mass is 16.2. The van der Waals surface area contributed by atoms with Crippen molar-refractivity contribution >= 4 is 23.4 Å². The molecule has 3 fully saturated rings. The molecule has 7 nitrogen and oxygen atoms in total. The Morgan fingerprint density at radius 2 is 1.93 bits per heavy atom. The molecule has 0 radical (unpaired) electrons. The summed E-state index contributed by atoms with van der Waals surface area (Å²) in [7, 11) is 0. The van der Waals surface area contributed by atoms with Gasteiger partial charge in [0.15, 0.2) is 0 Å². The fourth-order valence-corrected chi connectivity index (χ4v) is 6.03. The van der Waals surface area contributed by atoms with Gasteiger partial charge in [-0.15, -0.1) is 0 Å². The first-order valence-electron chi connectivity index (χ1n) is 10.8. The Morgan fingerprint density at radius 3 is 2.76 bits per heavy atom. The maximum atomic E-state index is 14.0. The number of hydrogen-bond acceptors (Lipinski definition) is 4. The Morgan fingerprint density at radius 1 is 1.10 bits per heavy atom. The van der Waals surface area contributed by atoms with Crippen molar-refractivity contribution in [2.75, 3.05) is 37.6 Å². The summed E-state index contributed by atoms with van der Waals surface area (Å²) < 4.78 is 0. The first kappa shape index (κ1) is 18.6. The minimum atomic E-state index is -0.901. The van der Waals surface area contributed by atoms with E-state index in [4.69, 9.17) is 0 Å². The molecule has 1 N–H and O–H groups in total. The molecule has 1 aromatic rings. The van der Waals surface area contributed by atoms with Gasteiger partial charge < -0.3 is 15.1 Å². The van der Waals surface area contributed by atoms with Crippen molar-refractivity contribution in [3.8, 4) is 0 Å². The van der Waals surface area contributed by atoms with Gasteiger partial charge in [-0.3, -0.25) is 19.3 Å². The second-order valence-corrected chi connectivity index (χ2v) is 8.67. The number of fused-ring (bicyclic) bond motifs is 4. The summed E-state index contributed by atoms with van der Waals surface area (Å²) in [6.45, 7) is 4.50. The van der Waals surface area contributed by atoms with Crippen molar-refractivity contribution in [3.63, 3.8) is 0 Å². The van der Waals surface area contributed by atoms with E-state index in [0.717, 1.165) is 43.5 Å². The minimum absolute atomic E-state index is 0.00128. The minimum Gasteiger partial charge on any atom is -0.356 e. The highest BCUT2D eigenvalue weighted by Gasteiger charge is 2.67. The quantitative estimate of drug-likeness (QED) is 0.712. The van der Waals surface area contributed by atoms with E-state index in [1.165, 1.54) is 0 Å². The van der Waals surface area contributed by atoms with Crippen molar-refractivity contribution in [2.24, 2.45) is 5.92 Å². The van der Waals surface area contributed by atoms with Crippen LogP contribution >= 0.6 is 0 Å². The molecule has 0 aliphatic carbocycles. The molecule has 3 saturated heterocycles. The Hall–Kier alpha value is -2.41. The molecule has 0 aromatic heterocycles. The van der Waals surface area contributed by atoms with Gasteiger partial charge in [0.05, 0.1) is 5.92 Å². The topological polar surface area (TPSA) is 73.0 Å². The number of nitrogens with zero attached hydrogens (tertiary/aromatic N) is 3. The molecule has 29 heavy (non-hydrogen) atoms. The molecule has 1 aromatic carbocycles. The predicted molar refractivity (Wildman–Crippen MR) is 108 cm³/mol. The third-order valence-electron chi connectivity index (χ3n) is 7.28. The summed E-state index contributed by atoms with van der Waals surface area (Å²) in [6, 6.07) is 8.20. The number of benzene rings is 1. The van der Waals surface area contributed by atoms with E-state index >= 15 is 0 Å². The number of carbonyl (C=O) groups is 3. The first-order valence-corrected chi connectivity index (χ1v) is 10.8. The van der Waals surface area contributed by atoms with Gasteiger partial charge in [0.25, 0.3) is 5.91 Å². The third kappa shape index (κ3) is 2.56. The van der Waals surface area contributed by atoms with Crippen LogP contribution in [0.1, 0.15) is 38.2 Å². The van der Waals surface area contributed by atoms with Crippen LogP contribution in [-0.2, 0) is 19.9 Å². The standard InChI is InChI=1S/C22H28N4O3/c1-15(27)24-10-5-9-23-20(28)18-14-16-6-4-11-26(16)22(18)17-7-2-3-8-19(17)25(13-12-24)21(22)29/h2-3,7-8,16,18H,4-6,9-14H2,1H3,(H,23,28)/t16-,18+,22+/m0/s1. The van der Waals surface area contributed by atoms with E-state index < -0.39 is 5.54 Å². The lowest BCUT2D eigenvalue weighted by Gasteiger charge is -2.37. The Bertz CT molecular complexity index is 871. The van der Waals surface area contributed by atoms with Crippen LogP contribution in [0.3, 0.4) is 0 Å². The lowest BCUT2D eigenvalue weighted by Crippen LogP contribution is -2.57. The van der Waals surface area contributed by atoms with Gasteiger partial charge in [0.1, 0.15) is 5.54 Å². The number of anilines is 1. The maximum Gasteiger partial charge on any atom is 0.253 e. The third-order valence-corrected chi connectivity index (χ3v) is 7.28. The van der Waals surface area contributed by atoms with E-state index in [9.17, 15) is 14.4 Å². The summed E-state index contributed by atoms with van der Waals surface area (Å²) in [4.78, 5) is 45.3. The molecule has 4 aliphatic rings. The Kier molecular flexibility index (Phi) is 4.38. The predicted octanol–water partition coefficient (Wildman–Crippen LogP) is 1.08. The van der Waals surface area contributed by atoms with Crippen LogP contribution in [0.5, 0.6) is 0 Å². The monoisotopic (exact) mass is 396 g/mol. The molecule has 0 unspecified atom stereocenters. The molecule has 7 heteroatoms. The first-order chi connectivity index (χ1) is 14.0. The van der Waals surface area contributed by atoms with Crippen LogP contribution in [-0.4, -0.2) is 66.3 Å². The summed E-state index contributed by atoms with van der Waals surface area (Å²) in [5.74, 6) is -0.386. The molecule has 1 spiro atoms. The molecule has 4 aliphatic heterocycles. The molecule has 4 heterocycles. The molecular formula is C22H28N4O3. The van der Waals surface area contributed by atoms with Gasteiger partial charge in [-0.25, -0.2) is 0 Å². The lowest BCUT2D eigenvalue weighted by molar-refractivity contribution is -0.139. The van der Waals surface area contributed by atoms with Crippen LogP contribution in [0.15, 0.2) is 24.3 Å². The molecule has 5 rings (SSSR count). The molecule has 154 valence electrons. The Balaban J connectivity index is 1.64. The van der Waals surface area contributed by atoms with Gasteiger partial charge in [0.2, 0.25) is 11.8 Å². The van der Waals surface area contributed by atoms with Crippen LogP contribution in [0.2, 0.25) is 0 Å². The zero-order valence-corrected chi connectivity index (χ0v) is 16.9. The van der Waals surface area contributed by atoms with Gasteiger partial charge in [-0.2, -0.15) is 0 Å². The van der Waals surface area contributed by atoms with Gasteiger partial charge in [-0.1, -0.05) is 18.2 Å². The SMILES string of the molecule is CC(=O)N1CCCNC(=O)[C@H]2C[C@@H]3CCCN3[C@@]23C(=O)N(CC1)c1ccccc13. The second kappa shape index (κ2) is 6.83. The number of carbonyl (C=O) groups excluding carboxylic acids is 3. The van der Waals surface area contributed by atoms with Crippen LogP contribution in [0, 0.1) is 5.92 Å². The van der Waals surface area contributed by atoms with Crippen LogP contribution < -0.4 is 10.2 Å². The average Bonchev–Trinajstić information content (AvgIpc) is 3.35. The van der Waals surface area contributed by atoms with Gasteiger partial charge >= 0.3 is 0 Å². The maximum absolute atomic E-state index is 14.0. The van der Waals surface area contributed by atoms with E-state index in [1.54, 1.807) is 11.8 Å². The molecule has 3 atom stereocenters. The van der Waals surface area contributed by atoms with Crippen molar-refractivity contribution in [2.45, 2.75) is 44.2 Å². The van der Waals surface area contributed by atoms with E-state index in [1.807, 2.05) is 29.2 Å². The largest absolute Gasteiger partial charge is 0.356 e. The fourth-order valence-electron chi connectivity index (χ4n) is 6.03. The number of nitrogens with one attached hydrogen (secondary N) is 1. The zero-order valence-electron chi connectivity index (χ0n) is 16.9. The van der Waals surface area contributed by atoms with E-state index in [2.05, 4.69) is 10.2 Å². The summed E-state index contributed by atoms with van der Waals surface area (Å²) in [5, 5.41) is 3.08. The Labute approximate surface area is 171 Å². The number of hydrogen-bond donors (Lipinski definition) is 1. The van der Waals surface area contributed by atoms with E-state index in [0.29, 0.717) is 26.2 Å². The van der Waals surface area contributed by atoms with Crippen molar-refractivity contribution in [3.05, 3.63) is 29.8 Å². The highest BCUT2D eigenvalue weighted by molar-refractivity contribution is 6.11.